The lowest BCUT2D eigenvalue weighted by molar-refractivity contribution is -0.125. The molecule has 2 N–H and O–H groups in total. The van der Waals surface area contributed by atoms with E-state index in [2.05, 4.69) is 10.0 Å². The summed E-state index contributed by atoms with van der Waals surface area (Å²) in [6, 6.07) is 10.4. The molecule has 8 nitrogen and oxygen atoms in total. The Morgan fingerprint density at radius 3 is 2.48 bits per heavy atom. The number of aldehydes is 1. The number of ether oxygens (including phenoxy) is 2. The summed E-state index contributed by atoms with van der Waals surface area (Å²) in [5.41, 5.74) is 1.32. The Kier molecular flexibility index (Phi) is 6.19. The Labute approximate surface area is 169 Å². The van der Waals surface area contributed by atoms with Gasteiger partial charge in [0.1, 0.15) is 12.3 Å². The van der Waals surface area contributed by atoms with E-state index in [0.717, 1.165) is 5.56 Å². The molecule has 0 aliphatic carbocycles. The predicted octanol–water partition coefficient (Wildman–Crippen LogP) is 0.833. The third kappa shape index (κ3) is 4.57. The zero-order valence-corrected chi connectivity index (χ0v) is 16.9. The second-order valence-corrected chi connectivity index (χ2v) is 8.32. The largest absolute Gasteiger partial charge is 0.493 e. The first-order chi connectivity index (χ1) is 13.9. The average molecular weight is 418 g/mol. The van der Waals surface area contributed by atoms with E-state index in [9.17, 15) is 18.0 Å². The van der Waals surface area contributed by atoms with Crippen LogP contribution in [-0.2, 0) is 32.5 Å². The molecule has 0 saturated heterocycles. The number of fused-ring (bicyclic) bond motifs is 1. The van der Waals surface area contributed by atoms with Gasteiger partial charge in [0.15, 0.2) is 11.5 Å². The Balaban J connectivity index is 1.80. The molecule has 0 unspecified atom stereocenters. The molecule has 1 heterocycles. The Hall–Kier alpha value is -2.91. The molecule has 0 radical (unpaired) electrons. The maximum Gasteiger partial charge on any atom is 0.241 e. The van der Waals surface area contributed by atoms with Crippen molar-refractivity contribution >= 4 is 22.2 Å². The maximum atomic E-state index is 12.7. The van der Waals surface area contributed by atoms with E-state index in [4.69, 9.17) is 9.47 Å². The van der Waals surface area contributed by atoms with Gasteiger partial charge in [-0.05, 0) is 30.0 Å². The molecule has 0 spiro atoms. The van der Waals surface area contributed by atoms with Crippen LogP contribution in [0.2, 0.25) is 0 Å². The van der Waals surface area contributed by atoms with Gasteiger partial charge in [-0.15, -0.1) is 0 Å². The number of hydrogen-bond acceptors (Lipinski definition) is 6. The highest BCUT2D eigenvalue weighted by molar-refractivity contribution is 7.89. The molecule has 1 amide bonds. The molecule has 1 aliphatic rings. The van der Waals surface area contributed by atoms with Crippen LogP contribution in [0.3, 0.4) is 0 Å². The van der Waals surface area contributed by atoms with Crippen molar-refractivity contribution < 1.29 is 27.5 Å². The van der Waals surface area contributed by atoms with Crippen LogP contribution >= 0.6 is 0 Å². The minimum absolute atomic E-state index is 0.0374. The van der Waals surface area contributed by atoms with E-state index >= 15 is 0 Å². The summed E-state index contributed by atoms with van der Waals surface area (Å²) in [6.07, 6.45) is 1.08. The van der Waals surface area contributed by atoms with Gasteiger partial charge in [0, 0.05) is 6.07 Å². The van der Waals surface area contributed by atoms with Crippen LogP contribution in [0, 0.1) is 0 Å². The maximum absolute atomic E-state index is 12.7. The van der Waals surface area contributed by atoms with Crippen LogP contribution in [0.5, 0.6) is 11.5 Å². The smallest absolute Gasteiger partial charge is 0.241 e. The topological polar surface area (TPSA) is 111 Å². The summed E-state index contributed by atoms with van der Waals surface area (Å²) >= 11 is 0. The van der Waals surface area contributed by atoms with Gasteiger partial charge in [0.25, 0.3) is 0 Å². The van der Waals surface area contributed by atoms with Crippen LogP contribution in [0.25, 0.3) is 0 Å². The van der Waals surface area contributed by atoms with Gasteiger partial charge in [-0.25, -0.2) is 8.42 Å². The number of carbonyl (C=O) groups is 2. The lowest BCUT2D eigenvalue weighted by Crippen LogP contribution is -2.53. The van der Waals surface area contributed by atoms with Crippen molar-refractivity contribution in [3.8, 4) is 11.5 Å². The number of benzene rings is 2. The Morgan fingerprint density at radius 1 is 1.21 bits per heavy atom. The van der Waals surface area contributed by atoms with Crippen LogP contribution in [-0.4, -0.2) is 46.9 Å². The van der Waals surface area contributed by atoms with Crippen molar-refractivity contribution in [3.63, 3.8) is 0 Å². The molecule has 0 saturated carbocycles. The highest BCUT2D eigenvalue weighted by Gasteiger charge is 2.35. The summed E-state index contributed by atoms with van der Waals surface area (Å²) in [4.78, 5) is 24.1. The number of sulfonamides is 1. The first kappa shape index (κ1) is 20.8. The molecule has 0 aromatic heterocycles. The van der Waals surface area contributed by atoms with E-state index in [1.807, 2.05) is 30.3 Å². The van der Waals surface area contributed by atoms with Crippen LogP contribution in [0.4, 0.5) is 0 Å². The van der Waals surface area contributed by atoms with Gasteiger partial charge >= 0.3 is 0 Å². The fourth-order valence-electron chi connectivity index (χ4n) is 3.26. The highest BCUT2D eigenvalue weighted by atomic mass is 32.2. The fourth-order valence-corrected chi connectivity index (χ4v) is 4.70. The molecule has 2 atom stereocenters. The lowest BCUT2D eigenvalue weighted by Gasteiger charge is -2.27. The molecule has 1 aliphatic heterocycles. The molecule has 0 fully saturated rings. The van der Waals surface area contributed by atoms with Crippen molar-refractivity contribution in [1.82, 2.24) is 10.0 Å². The van der Waals surface area contributed by atoms with E-state index in [1.54, 1.807) is 6.07 Å². The van der Waals surface area contributed by atoms with Crippen molar-refractivity contribution in [1.29, 1.82) is 0 Å². The first-order valence-corrected chi connectivity index (χ1v) is 10.4. The summed E-state index contributed by atoms with van der Waals surface area (Å²) in [5.74, 6) is 0.0859. The molecule has 154 valence electrons. The summed E-state index contributed by atoms with van der Waals surface area (Å²) in [5, 5.41) is 2.61. The summed E-state index contributed by atoms with van der Waals surface area (Å²) in [7, 11) is -1.07. The minimum atomic E-state index is -3.93. The number of methoxy groups -OCH3 is 2. The van der Waals surface area contributed by atoms with Crippen LogP contribution in [0.1, 0.15) is 11.1 Å². The molecule has 0 bridgehead atoms. The normalized spacial score (nSPS) is 18.2. The van der Waals surface area contributed by atoms with E-state index in [0.29, 0.717) is 24.0 Å². The van der Waals surface area contributed by atoms with Crippen LogP contribution < -0.4 is 19.5 Å². The van der Waals surface area contributed by atoms with Crippen molar-refractivity contribution in [3.05, 3.63) is 53.6 Å². The van der Waals surface area contributed by atoms with Crippen molar-refractivity contribution in [2.45, 2.75) is 29.8 Å². The molecular weight excluding hydrogens is 396 g/mol. The zero-order valence-electron chi connectivity index (χ0n) is 16.0. The van der Waals surface area contributed by atoms with E-state index in [1.165, 1.54) is 20.3 Å². The van der Waals surface area contributed by atoms with Gasteiger partial charge in [0.2, 0.25) is 15.9 Å². The second-order valence-electron chi connectivity index (χ2n) is 6.63. The molecule has 29 heavy (non-hydrogen) atoms. The minimum Gasteiger partial charge on any atom is -0.493 e. The summed E-state index contributed by atoms with van der Waals surface area (Å²) < 4.78 is 38.1. The number of carbonyl (C=O) groups excluding carboxylic acids is 2. The zero-order chi connectivity index (χ0) is 21.0. The molecule has 9 heteroatoms. The Morgan fingerprint density at radius 2 is 1.86 bits per heavy atom. The Bertz CT molecular complexity index is 1010. The number of amides is 1. The van der Waals surface area contributed by atoms with Gasteiger partial charge in [0.05, 0.1) is 25.2 Å². The number of hydrogen-bond donors (Lipinski definition) is 2. The molecule has 2 aromatic rings. The van der Waals surface area contributed by atoms with E-state index < -0.39 is 28.0 Å². The first-order valence-electron chi connectivity index (χ1n) is 8.94. The second kappa shape index (κ2) is 8.62. The van der Waals surface area contributed by atoms with E-state index in [-0.39, 0.29) is 17.1 Å². The molecular formula is C20H22N2O6S. The monoisotopic (exact) mass is 418 g/mol. The van der Waals surface area contributed by atoms with Crippen molar-refractivity contribution in [2.24, 2.45) is 0 Å². The van der Waals surface area contributed by atoms with Gasteiger partial charge in [-0.3, -0.25) is 4.79 Å². The van der Waals surface area contributed by atoms with Gasteiger partial charge < -0.3 is 19.6 Å². The quantitative estimate of drug-likeness (QED) is 0.645. The van der Waals surface area contributed by atoms with Crippen molar-refractivity contribution in [2.75, 3.05) is 14.2 Å². The lowest BCUT2D eigenvalue weighted by atomic mass is 10.0. The van der Waals surface area contributed by atoms with Gasteiger partial charge in [-0.2, -0.15) is 4.72 Å². The predicted molar refractivity (Wildman–Crippen MR) is 106 cm³/mol. The molecule has 2 aromatic carbocycles. The number of nitrogens with one attached hydrogen (secondary N) is 2. The molecule has 3 rings (SSSR count). The SMILES string of the molecule is COc1cc2c(cc1OC)S(=O)(=O)N[C@@H](C(=O)N[C@H](C=O)Cc1ccccc1)C2. The fraction of sp³-hybridized carbons (Fsp3) is 0.300. The third-order valence-electron chi connectivity index (χ3n) is 4.68. The number of rotatable bonds is 7. The summed E-state index contributed by atoms with van der Waals surface area (Å²) in [6.45, 7) is 0. The standard InChI is InChI=1S/C20H22N2O6S/c1-27-17-10-14-9-16(22-29(25,26)19(14)11-18(17)28-2)20(24)21-15(12-23)8-13-6-4-3-5-7-13/h3-7,10-12,15-16,22H,8-9H2,1-2H3,(H,21,24)/t15-,16+/m0/s1. The third-order valence-corrected chi connectivity index (χ3v) is 6.24. The average Bonchev–Trinajstić information content (AvgIpc) is 2.72. The van der Waals surface area contributed by atoms with Crippen LogP contribution in [0.15, 0.2) is 47.4 Å². The highest BCUT2D eigenvalue weighted by Crippen LogP contribution is 2.35. The van der Waals surface area contributed by atoms with Gasteiger partial charge in [-0.1, -0.05) is 30.3 Å².